The van der Waals surface area contributed by atoms with Gasteiger partial charge in [-0.3, -0.25) is 9.48 Å². The van der Waals surface area contributed by atoms with Crippen LogP contribution in [0.2, 0.25) is 0 Å². The van der Waals surface area contributed by atoms with Gasteiger partial charge in [0.05, 0.1) is 23.7 Å². The van der Waals surface area contributed by atoms with Gasteiger partial charge in [-0.2, -0.15) is 10.2 Å². The molecule has 0 aliphatic carbocycles. The van der Waals surface area contributed by atoms with Gasteiger partial charge in [0.15, 0.2) is 23.2 Å². The third kappa shape index (κ3) is 6.75. The molecule has 0 saturated carbocycles. The molecule has 51 heavy (non-hydrogen) atoms. The van der Waals surface area contributed by atoms with E-state index in [1.165, 1.54) is 28.9 Å². The largest absolute Gasteiger partial charge is 0.616 e. The average molecular weight is 713 g/mol. The summed E-state index contributed by atoms with van der Waals surface area (Å²) in [6, 6.07) is 15.0. The van der Waals surface area contributed by atoms with Crippen molar-refractivity contribution in [2.45, 2.75) is 57.4 Å². The van der Waals surface area contributed by atoms with Crippen LogP contribution in [0.1, 0.15) is 61.7 Å². The first-order valence-electron chi connectivity index (χ1n) is 16.7. The van der Waals surface area contributed by atoms with Gasteiger partial charge in [0, 0.05) is 65.8 Å². The minimum absolute atomic E-state index is 0.0102. The molecule has 6 bridgehead atoms. The Hall–Kier alpha value is -5.01. The number of ether oxygens (including phenoxy) is 1. The topological polar surface area (TPSA) is 134 Å². The van der Waals surface area contributed by atoms with Gasteiger partial charge in [-0.25, -0.2) is 18.4 Å². The minimum Gasteiger partial charge on any atom is -0.616 e. The maximum atomic E-state index is 15.8. The molecular formula is C38H38F2N6O4S. The number of carboxylic acids is 1. The van der Waals surface area contributed by atoms with E-state index in [9.17, 15) is 14.5 Å². The fourth-order valence-electron chi connectivity index (χ4n) is 6.74. The summed E-state index contributed by atoms with van der Waals surface area (Å²) in [7, 11) is 1.67. The molecule has 3 aromatic heterocycles. The number of carbonyl (C=O) groups is 1. The van der Waals surface area contributed by atoms with Crippen molar-refractivity contribution in [2.24, 2.45) is 7.05 Å². The number of aliphatic carboxylic acids is 1. The number of nitrogens with zero attached hydrogens (tertiary/aromatic N) is 5. The van der Waals surface area contributed by atoms with Crippen LogP contribution in [-0.2, 0) is 46.8 Å². The Labute approximate surface area is 296 Å². The van der Waals surface area contributed by atoms with Gasteiger partial charge < -0.3 is 19.4 Å². The molecule has 10 nitrogen and oxygen atoms in total. The Kier molecular flexibility index (Phi) is 8.96. The van der Waals surface area contributed by atoms with Crippen LogP contribution in [0.3, 0.4) is 0 Å². The van der Waals surface area contributed by atoms with Crippen molar-refractivity contribution in [2.75, 3.05) is 11.5 Å². The summed E-state index contributed by atoms with van der Waals surface area (Å²) >= 11 is -1.29. The van der Waals surface area contributed by atoms with Crippen molar-refractivity contribution in [1.82, 2.24) is 29.5 Å². The Balaban J connectivity index is 1.38. The lowest BCUT2D eigenvalue weighted by Crippen LogP contribution is -2.33. The maximum absolute atomic E-state index is 15.8. The van der Waals surface area contributed by atoms with Gasteiger partial charge in [-0.15, -0.1) is 0 Å². The number of benzene rings is 3. The summed E-state index contributed by atoms with van der Waals surface area (Å²) in [4.78, 5) is 19.3. The second kappa shape index (κ2) is 13.3. The van der Waals surface area contributed by atoms with Crippen LogP contribution in [0.25, 0.3) is 22.3 Å². The second-order valence-corrected chi connectivity index (χ2v) is 15.6. The third-order valence-corrected chi connectivity index (χ3v) is 11.5. The summed E-state index contributed by atoms with van der Waals surface area (Å²) < 4.78 is 54.8. The maximum Gasteiger partial charge on any atom is 0.303 e. The number of aromatic amines is 1. The van der Waals surface area contributed by atoms with E-state index in [2.05, 4.69) is 10.1 Å². The molecule has 0 saturated heterocycles. The number of hydrogen-bond acceptors (Lipinski definition) is 6. The molecule has 2 atom stereocenters. The zero-order chi connectivity index (χ0) is 36.1. The molecular weight excluding hydrogens is 675 g/mol. The summed E-state index contributed by atoms with van der Waals surface area (Å²) in [5, 5.41) is 19.4. The van der Waals surface area contributed by atoms with Crippen LogP contribution in [0, 0.1) is 11.6 Å². The quantitative estimate of drug-likeness (QED) is 0.188. The highest BCUT2D eigenvalue weighted by molar-refractivity contribution is 7.91. The number of fused-ring (bicyclic) bond motifs is 10. The van der Waals surface area contributed by atoms with E-state index >= 15 is 8.78 Å². The van der Waals surface area contributed by atoms with E-state index in [4.69, 9.17) is 14.8 Å². The molecule has 0 fully saturated rings. The van der Waals surface area contributed by atoms with Gasteiger partial charge in [-0.1, -0.05) is 49.3 Å². The fourth-order valence-corrected chi connectivity index (χ4v) is 8.50. The molecule has 1 aliphatic heterocycles. The smallest absolute Gasteiger partial charge is 0.303 e. The Bertz CT molecular complexity index is 2260. The molecule has 1 aliphatic rings. The second-order valence-electron chi connectivity index (χ2n) is 14.0. The zero-order valence-corrected chi connectivity index (χ0v) is 29.6. The number of carboxylic acid groups (broad SMARTS) is 1. The molecule has 7 rings (SSSR count). The number of hydrogen-bond donors (Lipinski definition) is 2. The van der Waals surface area contributed by atoms with Crippen LogP contribution < -0.4 is 4.74 Å². The van der Waals surface area contributed by atoms with E-state index in [1.807, 2.05) is 57.3 Å². The number of H-pyrrole nitrogens is 1. The van der Waals surface area contributed by atoms with E-state index in [0.29, 0.717) is 41.3 Å². The monoisotopic (exact) mass is 712 g/mol. The molecule has 3 aromatic carbocycles. The number of rotatable bonds is 4. The van der Waals surface area contributed by atoms with Gasteiger partial charge in [0.25, 0.3) is 0 Å². The molecule has 2 N–H and O–H groups in total. The first-order valence-corrected chi connectivity index (χ1v) is 18.2. The van der Waals surface area contributed by atoms with Crippen molar-refractivity contribution in [3.63, 3.8) is 0 Å². The van der Waals surface area contributed by atoms with Gasteiger partial charge in [-0.05, 0) is 48.7 Å². The minimum atomic E-state index is -1.29. The molecule has 0 amide bonds. The first kappa shape index (κ1) is 34.4. The van der Waals surface area contributed by atoms with Crippen LogP contribution in [-0.4, -0.2) is 56.7 Å². The number of aromatic nitrogens is 6. The van der Waals surface area contributed by atoms with Crippen molar-refractivity contribution >= 4 is 28.0 Å². The fraction of sp³-hybridized carbons (Fsp3) is 0.316. The number of aryl methyl sites for hydroxylation is 2. The average Bonchev–Trinajstić information content (AvgIpc) is 3.85. The van der Waals surface area contributed by atoms with Crippen molar-refractivity contribution in [3.8, 4) is 22.9 Å². The normalized spacial score (nSPS) is 19.1. The number of halogens is 2. The van der Waals surface area contributed by atoms with Gasteiger partial charge in [0.2, 0.25) is 0 Å². The van der Waals surface area contributed by atoms with Gasteiger partial charge in [0.1, 0.15) is 23.1 Å². The molecule has 264 valence electrons. The molecule has 2 unspecified atom stereocenters. The van der Waals surface area contributed by atoms with E-state index in [-0.39, 0.29) is 35.9 Å². The van der Waals surface area contributed by atoms with Crippen LogP contribution in [0.15, 0.2) is 73.2 Å². The predicted octanol–water partition coefficient (Wildman–Crippen LogP) is 7.03. The van der Waals surface area contributed by atoms with Crippen LogP contribution >= 0.6 is 0 Å². The zero-order valence-electron chi connectivity index (χ0n) is 28.7. The summed E-state index contributed by atoms with van der Waals surface area (Å²) in [6.45, 7) is 6.20. The number of nitrogens with one attached hydrogen (secondary N) is 1. The Morgan fingerprint density at radius 1 is 1.10 bits per heavy atom. The first-order chi connectivity index (χ1) is 24.3. The van der Waals surface area contributed by atoms with Crippen molar-refractivity contribution in [1.29, 1.82) is 0 Å². The molecule has 13 heteroatoms. The highest BCUT2D eigenvalue weighted by Gasteiger charge is 2.38. The molecule has 6 aromatic rings. The predicted molar refractivity (Wildman–Crippen MR) is 190 cm³/mol. The van der Waals surface area contributed by atoms with Crippen molar-refractivity contribution in [3.05, 3.63) is 113 Å². The lowest BCUT2D eigenvalue weighted by molar-refractivity contribution is -0.136. The molecule has 0 spiro atoms. The lowest BCUT2D eigenvalue weighted by atomic mass is 9.78. The summed E-state index contributed by atoms with van der Waals surface area (Å²) in [5.41, 5.74) is 2.40. The highest BCUT2D eigenvalue weighted by Crippen LogP contribution is 2.39. The van der Waals surface area contributed by atoms with Gasteiger partial charge >= 0.3 is 5.97 Å². The standard InChI is InChI=1S/C38H38F2N6O4S/c1-37(2)22-51(49)15-13-38(3,24-7-5-6-23(16-24)8-11-33(47)48)36-43-35(45(4)44-36)28-17-26(9-10-30(28)39)50-34-29(21-46-20-25(37)19-42-46)27-12-14-41-32(27)18-31(34)40/h5-7,9-10,12,14,16-20,41H,8,11,13,15,21-22H2,1-4H3,(H,47,48). The van der Waals surface area contributed by atoms with Crippen LogP contribution in [0.5, 0.6) is 11.5 Å². The van der Waals surface area contributed by atoms with E-state index in [0.717, 1.165) is 22.1 Å². The highest BCUT2D eigenvalue weighted by atomic mass is 32.2. The lowest BCUT2D eigenvalue weighted by Gasteiger charge is -2.30. The molecule has 4 heterocycles. The van der Waals surface area contributed by atoms with Crippen LogP contribution in [0.4, 0.5) is 8.78 Å². The van der Waals surface area contributed by atoms with E-state index in [1.54, 1.807) is 24.1 Å². The summed E-state index contributed by atoms with van der Waals surface area (Å²) in [5.74, 6) is -0.577. The van der Waals surface area contributed by atoms with E-state index < -0.39 is 39.6 Å². The SMILES string of the molecule is Cn1nc2nc1-c1cc(ccc1F)Oc1c(F)cc3[nH]ccc3c1Cn1cc(cn1)C(C)(C)C[S+]([O-])CCC2(C)c1cccc(CCC(=O)O)c1. The Morgan fingerprint density at radius 2 is 1.92 bits per heavy atom. The Morgan fingerprint density at radius 3 is 2.73 bits per heavy atom. The third-order valence-electron chi connectivity index (χ3n) is 9.80. The molecule has 0 radical (unpaired) electrons. The summed E-state index contributed by atoms with van der Waals surface area (Å²) in [6.07, 6.45) is 6.08. The van der Waals surface area contributed by atoms with Crippen molar-refractivity contribution < 1.29 is 28.0 Å².